The molecule has 4 nitrogen and oxygen atoms in total. The van der Waals surface area contributed by atoms with Gasteiger partial charge < -0.3 is 4.98 Å². The molecule has 0 bridgehead atoms. The van der Waals surface area contributed by atoms with Crippen molar-refractivity contribution in [1.29, 1.82) is 0 Å². The molecule has 0 aliphatic carbocycles. The van der Waals surface area contributed by atoms with Crippen LogP contribution < -0.4 is 4.72 Å². The molecule has 0 atom stereocenters. The fourth-order valence-corrected chi connectivity index (χ4v) is 3.89. The predicted octanol–water partition coefficient (Wildman–Crippen LogP) is 3.95. The van der Waals surface area contributed by atoms with Crippen molar-refractivity contribution in [1.82, 2.24) is 9.71 Å². The normalized spacial score (nSPS) is 11.9. The van der Waals surface area contributed by atoms with Gasteiger partial charge in [0, 0.05) is 28.3 Å². The highest BCUT2D eigenvalue weighted by molar-refractivity contribution is 7.89. The third kappa shape index (κ3) is 3.28. The van der Waals surface area contributed by atoms with E-state index in [-0.39, 0.29) is 21.5 Å². The van der Waals surface area contributed by atoms with Crippen LogP contribution in [-0.2, 0) is 16.6 Å². The maximum Gasteiger partial charge on any atom is 0.240 e. The Morgan fingerprint density at radius 1 is 1.00 bits per heavy atom. The summed E-state index contributed by atoms with van der Waals surface area (Å²) < 4.78 is 27.1. The number of H-pyrrole nitrogens is 1. The van der Waals surface area contributed by atoms with E-state index in [0.717, 1.165) is 16.5 Å². The van der Waals surface area contributed by atoms with Gasteiger partial charge in [-0.1, -0.05) is 35.3 Å². The highest BCUT2D eigenvalue weighted by Crippen LogP contribution is 2.22. The lowest BCUT2D eigenvalue weighted by atomic mass is 10.2. The summed E-state index contributed by atoms with van der Waals surface area (Å²) in [7, 11) is -3.67. The SMILES string of the molecule is O=S(=O)(NCc1ccc2cc[nH]c2c1)c1cc(Cl)cc(Cl)c1. The monoisotopic (exact) mass is 354 g/mol. The van der Waals surface area contributed by atoms with Crippen molar-refractivity contribution in [3.05, 3.63) is 64.3 Å². The van der Waals surface area contributed by atoms with E-state index in [9.17, 15) is 8.42 Å². The van der Waals surface area contributed by atoms with Crippen LogP contribution in [0.25, 0.3) is 10.9 Å². The minimum absolute atomic E-state index is 0.0472. The Morgan fingerprint density at radius 2 is 1.73 bits per heavy atom. The smallest absolute Gasteiger partial charge is 0.240 e. The van der Waals surface area contributed by atoms with Gasteiger partial charge in [-0.2, -0.15) is 0 Å². The molecular formula is C15H12Cl2N2O2S. The molecule has 0 unspecified atom stereocenters. The lowest BCUT2D eigenvalue weighted by Gasteiger charge is -2.08. The molecule has 22 heavy (non-hydrogen) atoms. The van der Waals surface area contributed by atoms with E-state index in [1.165, 1.54) is 18.2 Å². The number of hydrogen-bond acceptors (Lipinski definition) is 2. The molecule has 114 valence electrons. The van der Waals surface area contributed by atoms with Crippen molar-refractivity contribution in [3.8, 4) is 0 Å². The molecule has 0 saturated heterocycles. The molecule has 3 rings (SSSR count). The van der Waals surface area contributed by atoms with Crippen LogP contribution >= 0.6 is 23.2 Å². The van der Waals surface area contributed by atoms with Crippen molar-refractivity contribution >= 4 is 44.1 Å². The van der Waals surface area contributed by atoms with E-state index in [2.05, 4.69) is 9.71 Å². The second-order valence-electron chi connectivity index (χ2n) is 4.83. The number of benzene rings is 2. The number of rotatable bonds is 4. The van der Waals surface area contributed by atoms with E-state index in [1.807, 2.05) is 30.5 Å². The van der Waals surface area contributed by atoms with Gasteiger partial charge in [-0.25, -0.2) is 13.1 Å². The van der Waals surface area contributed by atoms with Crippen LogP contribution in [0, 0.1) is 0 Å². The quantitative estimate of drug-likeness (QED) is 0.744. The van der Waals surface area contributed by atoms with Crippen molar-refractivity contribution in [2.24, 2.45) is 0 Å². The number of hydrogen-bond donors (Lipinski definition) is 2. The van der Waals surface area contributed by atoms with Gasteiger partial charge in [-0.05, 0) is 41.3 Å². The highest BCUT2D eigenvalue weighted by Gasteiger charge is 2.15. The Morgan fingerprint density at radius 3 is 2.45 bits per heavy atom. The van der Waals surface area contributed by atoms with Crippen LogP contribution in [0.1, 0.15) is 5.56 Å². The van der Waals surface area contributed by atoms with Crippen molar-refractivity contribution in [3.63, 3.8) is 0 Å². The van der Waals surface area contributed by atoms with E-state index in [4.69, 9.17) is 23.2 Å². The molecule has 2 N–H and O–H groups in total. The standard InChI is InChI=1S/C15H12Cl2N2O2S/c16-12-6-13(17)8-14(7-12)22(20,21)19-9-10-1-2-11-3-4-18-15(11)5-10/h1-8,18-19H,9H2. The second-order valence-corrected chi connectivity index (χ2v) is 7.47. The van der Waals surface area contributed by atoms with Crippen LogP contribution in [0.3, 0.4) is 0 Å². The third-order valence-electron chi connectivity index (χ3n) is 3.23. The lowest BCUT2D eigenvalue weighted by molar-refractivity contribution is 0.581. The summed E-state index contributed by atoms with van der Waals surface area (Å²) in [5, 5.41) is 1.63. The summed E-state index contributed by atoms with van der Waals surface area (Å²) in [4.78, 5) is 3.14. The van der Waals surface area contributed by atoms with E-state index in [1.54, 1.807) is 0 Å². The Labute approximate surface area is 138 Å². The first-order chi connectivity index (χ1) is 10.4. The molecule has 0 saturated carbocycles. The summed E-state index contributed by atoms with van der Waals surface area (Å²) in [5.74, 6) is 0. The van der Waals surface area contributed by atoms with Gasteiger partial charge in [-0.15, -0.1) is 0 Å². The van der Waals surface area contributed by atoms with Crippen LogP contribution in [0.5, 0.6) is 0 Å². The van der Waals surface area contributed by atoms with Crippen molar-refractivity contribution < 1.29 is 8.42 Å². The minimum atomic E-state index is -3.67. The zero-order valence-corrected chi connectivity index (χ0v) is 13.6. The second kappa shape index (κ2) is 5.93. The maximum atomic E-state index is 12.3. The van der Waals surface area contributed by atoms with E-state index >= 15 is 0 Å². The maximum absolute atomic E-state index is 12.3. The fraction of sp³-hybridized carbons (Fsp3) is 0.0667. The summed E-state index contributed by atoms with van der Waals surface area (Å²) in [6.45, 7) is 0.182. The topological polar surface area (TPSA) is 62.0 Å². The van der Waals surface area contributed by atoms with Gasteiger partial charge in [0.05, 0.1) is 4.90 Å². The zero-order chi connectivity index (χ0) is 15.7. The van der Waals surface area contributed by atoms with Crippen LogP contribution in [0.15, 0.2) is 53.6 Å². The van der Waals surface area contributed by atoms with Gasteiger partial charge in [0.25, 0.3) is 0 Å². The Kier molecular flexibility index (Phi) is 4.14. The molecule has 7 heteroatoms. The molecule has 2 aromatic carbocycles. The molecular weight excluding hydrogens is 343 g/mol. The molecule has 0 aliphatic heterocycles. The van der Waals surface area contributed by atoms with Crippen molar-refractivity contribution in [2.75, 3.05) is 0 Å². The minimum Gasteiger partial charge on any atom is -0.361 e. The molecule has 0 aliphatic rings. The molecule has 1 aromatic heterocycles. The molecule has 3 aromatic rings. The molecule has 0 spiro atoms. The third-order valence-corrected chi connectivity index (χ3v) is 5.05. The Bertz CT molecular complexity index is 915. The first kappa shape index (κ1) is 15.4. The lowest BCUT2D eigenvalue weighted by Crippen LogP contribution is -2.23. The van der Waals surface area contributed by atoms with Gasteiger partial charge in [-0.3, -0.25) is 0 Å². The molecule has 0 amide bonds. The molecule has 0 radical (unpaired) electrons. The van der Waals surface area contributed by atoms with Crippen molar-refractivity contribution in [2.45, 2.75) is 11.4 Å². The van der Waals surface area contributed by atoms with Gasteiger partial charge in [0.1, 0.15) is 0 Å². The number of aromatic nitrogens is 1. The van der Waals surface area contributed by atoms with E-state index in [0.29, 0.717) is 0 Å². The average molecular weight is 355 g/mol. The summed E-state index contributed by atoms with van der Waals surface area (Å²) >= 11 is 11.7. The first-order valence-corrected chi connectivity index (χ1v) is 8.70. The number of aromatic amines is 1. The summed E-state index contributed by atoms with van der Waals surface area (Å²) in [6.07, 6.45) is 1.84. The number of halogens is 2. The predicted molar refractivity (Wildman–Crippen MR) is 88.8 cm³/mol. The first-order valence-electron chi connectivity index (χ1n) is 6.46. The Balaban J connectivity index is 1.82. The van der Waals surface area contributed by atoms with Crippen LogP contribution in [-0.4, -0.2) is 13.4 Å². The van der Waals surface area contributed by atoms with E-state index < -0.39 is 10.0 Å². The largest absolute Gasteiger partial charge is 0.361 e. The summed E-state index contributed by atoms with van der Waals surface area (Å²) in [6, 6.07) is 11.9. The Hall–Kier alpha value is -1.53. The molecule has 1 heterocycles. The number of sulfonamides is 1. The zero-order valence-electron chi connectivity index (χ0n) is 11.3. The average Bonchev–Trinajstić information content (AvgIpc) is 2.91. The van der Waals surface area contributed by atoms with Crippen LogP contribution in [0.4, 0.5) is 0 Å². The van der Waals surface area contributed by atoms with Gasteiger partial charge in [0.2, 0.25) is 10.0 Å². The molecule has 0 fully saturated rings. The van der Waals surface area contributed by atoms with Gasteiger partial charge in [0.15, 0.2) is 0 Å². The summed E-state index contributed by atoms with van der Waals surface area (Å²) in [5.41, 5.74) is 1.81. The highest BCUT2D eigenvalue weighted by atomic mass is 35.5. The van der Waals surface area contributed by atoms with Gasteiger partial charge >= 0.3 is 0 Å². The fourth-order valence-electron chi connectivity index (χ4n) is 2.15. The van der Waals surface area contributed by atoms with Crippen LogP contribution in [0.2, 0.25) is 10.0 Å². The number of fused-ring (bicyclic) bond motifs is 1. The number of nitrogens with one attached hydrogen (secondary N) is 2.